The van der Waals surface area contributed by atoms with Crippen LogP contribution in [0.25, 0.3) is 11.1 Å². The molecule has 0 radical (unpaired) electrons. The molecule has 1 amide bonds. The van der Waals surface area contributed by atoms with E-state index in [0.717, 1.165) is 76.4 Å². The summed E-state index contributed by atoms with van der Waals surface area (Å²) in [5.74, 6) is -0.442. The number of carbonyl (C=O) groups is 1. The molecule has 2 saturated heterocycles. The Hall–Kier alpha value is -6.26. The van der Waals surface area contributed by atoms with Gasteiger partial charge in [0, 0.05) is 68.6 Å². The molecule has 8 rings (SSSR count). The number of carbonyl (C=O) groups excluding carboxylic acids is 1. The molecule has 0 bridgehead atoms. The summed E-state index contributed by atoms with van der Waals surface area (Å²) in [6.45, 7) is 8.00. The second-order valence-electron chi connectivity index (χ2n) is 17.1. The Bertz CT molecular complexity index is 2680. The van der Waals surface area contributed by atoms with Gasteiger partial charge in [-0.2, -0.15) is 4.72 Å². The highest BCUT2D eigenvalue weighted by Crippen LogP contribution is 2.42. The summed E-state index contributed by atoms with van der Waals surface area (Å²) in [6, 6.07) is 45.2. The normalized spacial score (nSPS) is 19.5. The molecule has 0 saturated carbocycles. The molecule has 14 heteroatoms. The highest BCUT2D eigenvalue weighted by Gasteiger charge is 2.39. The summed E-state index contributed by atoms with van der Waals surface area (Å²) < 4.78 is 43.2. The molecule has 6 aromatic rings. The number of hydrogen-bond donors (Lipinski definition) is 3. The molecule has 0 unspecified atom stereocenters. The number of benzene rings is 6. The van der Waals surface area contributed by atoms with Gasteiger partial charge in [-0.1, -0.05) is 128 Å². The Morgan fingerprint density at radius 3 is 2.11 bits per heavy atom. The van der Waals surface area contributed by atoms with Gasteiger partial charge in [0.1, 0.15) is 6.04 Å². The molecule has 5 atom stereocenters. The van der Waals surface area contributed by atoms with Crippen molar-refractivity contribution in [2.75, 3.05) is 37.6 Å². The van der Waals surface area contributed by atoms with Crippen molar-refractivity contribution in [2.24, 2.45) is 5.92 Å². The predicted octanol–water partition coefficient (Wildman–Crippen LogP) is 7.88. The first-order valence-corrected chi connectivity index (χ1v) is 23.7. The average molecular weight is 910 g/mol. The zero-order valence-corrected chi connectivity index (χ0v) is 37.8. The van der Waals surface area contributed by atoms with Crippen LogP contribution < -0.4 is 14.9 Å². The molecule has 3 N–H and O–H groups in total. The minimum atomic E-state index is -4.00. The number of aryl methyl sites for hydroxylation is 1. The number of rotatable bonds is 16. The van der Waals surface area contributed by atoms with Gasteiger partial charge in [0.25, 0.3) is 5.69 Å². The summed E-state index contributed by atoms with van der Waals surface area (Å²) in [7, 11) is -4.00. The summed E-state index contributed by atoms with van der Waals surface area (Å²) in [6.07, 6.45) is -0.946. The zero-order valence-electron chi connectivity index (χ0n) is 37.0. The molecule has 0 aromatic heterocycles. The van der Waals surface area contributed by atoms with Crippen LogP contribution in [-0.4, -0.2) is 74.1 Å². The van der Waals surface area contributed by atoms with Crippen LogP contribution in [0.3, 0.4) is 0 Å². The lowest BCUT2D eigenvalue weighted by Crippen LogP contribution is -2.51. The quantitative estimate of drug-likeness (QED) is 0.0643. The van der Waals surface area contributed by atoms with Crippen molar-refractivity contribution in [3.8, 4) is 11.1 Å². The maximum absolute atomic E-state index is 13.9. The molecule has 6 aromatic carbocycles. The number of ether oxygens (including phenoxy) is 2. The lowest BCUT2D eigenvalue weighted by atomic mass is 9.89. The Morgan fingerprint density at radius 2 is 1.44 bits per heavy atom. The summed E-state index contributed by atoms with van der Waals surface area (Å²) in [5, 5.41) is 23.9. The van der Waals surface area contributed by atoms with Crippen molar-refractivity contribution in [1.82, 2.24) is 14.9 Å². The van der Waals surface area contributed by atoms with E-state index in [1.54, 1.807) is 24.3 Å². The summed E-state index contributed by atoms with van der Waals surface area (Å²) in [5.41, 5.74) is 8.16. The van der Waals surface area contributed by atoms with E-state index in [0.29, 0.717) is 6.54 Å². The minimum Gasteiger partial charge on any atom is -0.392 e. The Balaban J connectivity index is 0.966. The number of amides is 1. The van der Waals surface area contributed by atoms with Crippen LogP contribution in [0.4, 0.5) is 11.4 Å². The largest absolute Gasteiger partial charge is 0.392 e. The standard InChI is InChI=1S/C52H55N5O8S/c1-36-12-26-46(27-13-36)66(62,63)54-48(32-38-8-4-3-5-9-38)51(59)53-33-43-10-6-7-11-47(43)40-18-20-42(21-19-40)52-64-49(37(2)50(65-52)41-16-14-39(35-58)15-17-41)34-55-28-30-56(31-29-55)44-22-24-45(25-23-44)57(60)61/h3-27,37,48-50,52,54,58H,28-35H2,1-2H3,(H,53,59)/t37-,48+,49+,50+,52+/m0/s1. The van der Waals surface area contributed by atoms with Gasteiger partial charge in [0.2, 0.25) is 15.9 Å². The smallest absolute Gasteiger partial charge is 0.269 e. The monoisotopic (exact) mass is 909 g/mol. The van der Waals surface area contributed by atoms with E-state index in [1.165, 1.54) is 12.1 Å². The zero-order chi connectivity index (χ0) is 46.2. The highest BCUT2D eigenvalue weighted by molar-refractivity contribution is 7.89. The number of non-ortho nitro benzene ring substituents is 1. The topological polar surface area (TPSA) is 164 Å². The van der Waals surface area contributed by atoms with Crippen LogP contribution >= 0.6 is 0 Å². The Kier molecular flexibility index (Phi) is 14.7. The number of anilines is 1. The van der Waals surface area contributed by atoms with Crippen LogP contribution in [-0.2, 0) is 43.9 Å². The van der Waals surface area contributed by atoms with E-state index in [4.69, 9.17) is 9.47 Å². The first-order valence-electron chi connectivity index (χ1n) is 22.3. The van der Waals surface area contributed by atoms with Crippen molar-refractivity contribution >= 4 is 27.3 Å². The van der Waals surface area contributed by atoms with E-state index >= 15 is 0 Å². The molecule has 0 spiro atoms. The maximum Gasteiger partial charge on any atom is 0.269 e. The van der Waals surface area contributed by atoms with Gasteiger partial charge in [-0.05, 0) is 71.0 Å². The maximum atomic E-state index is 13.9. The third kappa shape index (κ3) is 11.2. The molecular weight excluding hydrogens is 855 g/mol. The van der Waals surface area contributed by atoms with E-state index in [-0.39, 0.29) is 53.2 Å². The van der Waals surface area contributed by atoms with E-state index in [2.05, 4.69) is 26.8 Å². The van der Waals surface area contributed by atoms with Gasteiger partial charge in [-0.15, -0.1) is 0 Å². The third-order valence-electron chi connectivity index (χ3n) is 12.6. The van der Waals surface area contributed by atoms with E-state index < -0.39 is 28.3 Å². The fourth-order valence-electron chi connectivity index (χ4n) is 8.65. The van der Waals surface area contributed by atoms with Crippen molar-refractivity contribution in [3.05, 3.63) is 195 Å². The number of nitrogens with zero attached hydrogens (tertiary/aromatic N) is 3. The second kappa shape index (κ2) is 20.9. The average Bonchev–Trinajstić information content (AvgIpc) is 3.34. The van der Waals surface area contributed by atoms with Gasteiger partial charge < -0.3 is 24.8 Å². The molecule has 0 aliphatic carbocycles. The van der Waals surface area contributed by atoms with Crippen molar-refractivity contribution < 1.29 is 32.7 Å². The Morgan fingerprint density at radius 1 is 0.788 bits per heavy atom. The summed E-state index contributed by atoms with van der Waals surface area (Å²) in [4.78, 5) is 29.4. The predicted molar refractivity (Wildman–Crippen MR) is 254 cm³/mol. The van der Waals surface area contributed by atoms with Crippen molar-refractivity contribution in [2.45, 2.75) is 62.9 Å². The number of nitro benzene ring substituents is 1. The first kappa shape index (κ1) is 46.3. The van der Waals surface area contributed by atoms with Crippen LogP contribution in [0.5, 0.6) is 0 Å². The Labute approximate surface area is 386 Å². The van der Waals surface area contributed by atoms with Crippen LogP contribution in [0.15, 0.2) is 157 Å². The number of aliphatic hydroxyl groups excluding tert-OH is 1. The van der Waals surface area contributed by atoms with E-state index in [1.807, 2.05) is 122 Å². The minimum absolute atomic E-state index is 0.000457. The lowest BCUT2D eigenvalue weighted by molar-refractivity contribution is -0.384. The molecule has 13 nitrogen and oxygen atoms in total. The van der Waals surface area contributed by atoms with E-state index in [9.17, 15) is 28.4 Å². The molecule has 2 aliphatic rings. The fourth-order valence-corrected chi connectivity index (χ4v) is 9.84. The number of nitrogens with one attached hydrogen (secondary N) is 2. The molecule has 2 heterocycles. The number of hydrogen-bond acceptors (Lipinski definition) is 10. The first-order chi connectivity index (χ1) is 31.9. The molecule has 66 heavy (non-hydrogen) atoms. The number of piperazine rings is 1. The van der Waals surface area contributed by atoms with Crippen LogP contribution in [0, 0.1) is 23.0 Å². The van der Waals surface area contributed by atoms with Gasteiger partial charge in [-0.25, -0.2) is 8.42 Å². The molecule has 2 aliphatic heterocycles. The summed E-state index contributed by atoms with van der Waals surface area (Å²) >= 11 is 0. The fraction of sp³-hybridized carbons (Fsp3) is 0.288. The van der Waals surface area contributed by atoms with Crippen LogP contribution in [0.2, 0.25) is 0 Å². The van der Waals surface area contributed by atoms with Gasteiger partial charge >= 0.3 is 0 Å². The third-order valence-corrected chi connectivity index (χ3v) is 14.0. The highest BCUT2D eigenvalue weighted by atomic mass is 32.2. The second-order valence-corrected chi connectivity index (χ2v) is 18.8. The van der Waals surface area contributed by atoms with Gasteiger partial charge in [0.05, 0.1) is 28.6 Å². The molecule has 342 valence electrons. The number of aliphatic hydroxyl groups is 1. The van der Waals surface area contributed by atoms with Crippen molar-refractivity contribution in [1.29, 1.82) is 0 Å². The SMILES string of the molecule is Cc1ccc(S(=O)(=O)N[C@H](Cc2ccccc2)C(=O)NCc2ccccc2-c2ccc([C@@H]3O[C@H](CN4CCN(c5ccc([N+](=O)[O-])cc5)CC4)[C@H](C)[C@H](c4ccc(CO)cc4)O3)cc2)cc1. The van der Waals surface area contributed by atoms with Gasteiger partial charge in [0.15, 0.2) is 6.29 Å². The molecule has 2 fully saturated rings. The van der Waals surface area contributed by atoms with Crippen molar-refractivity contribution in [3.63, 3.8) is 0 Å². The number of sulfonamides is 1. The molecular formula is C52H55N5O8S. The van der Waals surface area contributed by atoms with Gasteiger partial charge in [-0.3, -0.25) is 19.8 Å². The lowest BCUT2D eigenvalue weighted by Gasteiger charge is -2.44. The number of nitro groups is 1. The van der Waals surface area contributed by atoms with Crippen LogP contribution in [0.1, 0.15) is 52.7 Å².